The van der Waals surface area contributed by atoms with Crippen LogP contribution >= 0.6 is 0 Å². The summed E-state index contributed by atoms with van der Waals surface area (Å²) in [5, 5.41) is 2.77. The van der Waals surface area contributed by atoms with Crippen LogP contribution in [0.25, 0.3) is 5.57 Å². The Morgan fingerprint density at radius 2 is 2.04 bits per heavy atom. The first-order chi connectivity index (χ1) is 11.5. The number of rotatable bonds is 3. The fraction of sp³-hybridized carbons (Fsp3) is 0.0952. The first kappa shape index (κ1) is 15.9. The molecule has 1 aliphatic carbocycles. The maximum Gasteiger partial charge on any atom is 0.256 e. The van der Waals surface area contributed by atoms with E-state index in [9.17, 15) is 9.18 Å². The van der Waals surface area contributed by atoms with E-state index in [1.54, 1.807) is 6.07 Å². The molecule has 1 aromatic carbocycles. The normalized spacial score (nSPS) is 20.1. The fourth-order valence-corrected chi connectivity index (χ4v) is 2.98. The highest BCUT2D eigenvalue weighted by molar-refractivity contribution is 6.32. The first-order valence-electron chi connectivity index (χ1n) is 7.77. The van der Waals surface area contributed by atoms with Crippen molar-refractivity contribution in [3.05, 3.63) is 94.9 Å². The van der Waals surface area contributed by atoms with Gasteiger partial charge in [0.25, 0.3) is 5.91 Å². The molecule has 3 rings (SSSR count). The van der Waals surface area contributed by atoms with Crippen LogP contribution in [0.15, 0.2) is 83.5 Å². The molecule has 0 fully saturated rings. The second-order valence-corrected chi connectivity index (χ2v) is 5.71. The van der Waals surface area contributed by atoms with Gasteiger partial charge in [-0.3, -0.25) is 4.79 Å². The van der Waals surface area contributed by atoms with Crippen molar-refractivity contribution in [3.63, 3.8) is 0 Å². The maximum absolute atomic E-state index is 13.6. The van der Waals surface area contributed by atoms with Gasteiger partial charge in [0.1, 0.15) is 5.82 Å². The highest BCUT2D eigenvalue weighted by atomic mass is 19.1. The largest absolute Gasteiger partial charge is 0.321 e. The van der Waals surface area contributed by atoms with Crippen LogP contribution in [0.3, 0.4) is 0 Å². The van der Waals surface area contributed by atoms with E-state index in [-0.39, 0.29) is 11.7 Å². The van der Waals surface area contributed by atoms with Gasteiger partial charge in [-0.25, -0.2) is 4.39 Å². The molecule has 0 unspecified atom stereocenters. The smallest absolute Gasteiger partial charge is 0.256 e. The predicted octanol–water partition coefficient (Wildman–Crippen LogP) is 5.11. The van der Waals surface area contributed by atoms with Crippen LogP contribution in [0.2, 0.25) is 0 Å². The third-order valence-corrected chi connectivity index (χ3v) is 4.12. The molecule has 1 aromatic rings. The molecular weight excluding hydrogens is 301 g/mol. The Morgan fingerprint density at radius 3 is 2.75 bits per heavy atom. The zero-order valence-corrected chi connectivity index (χ0v) is 13.7. The van der Waals surface area contributed by atoms with Crippen molar-refractivity contribution in [1.82, 2.24) is 0 Å². The molecule has 3 heteroatoms. The minimum absolute atomic E-state index is 0.216. The van der Waals surface area contributed by atoms with Gasteiger partial charge in [-0.15, -0.1) is 0 Å². The maximum atomic E-state index is 13.6. The van der Waals surface area contributed by atoms with Crippen molar-refractivity contribution in [2.24, 2.45) is 0 Å². The lowest BCUT2D eigenvalue weighted by atomic mass is 9.98. The molecule has 120 valence electrons. The number of fused-ring (bicyclic) bond motifs is 1. The van der Waals surface area contributed by atoms with Gasteiger partial charge in [-0.05, 0) is 60.4 Å². The zero-order chi connectivity index (χ0) is 17.3. The highest BCUT2D eigenvalue weighted by Crippen LogP contribution is 2.38. The van der Waals surface area contributed by atoms with Crippen molar-refractivity contribution >= 4 is 17.2 Å². The van der Waals surface area contributed by atoms with Crippen LogP contribution in [-0.2, 0) is 4.79 Å². The van der Waals surface area contributed by atoms with E-state index < -0.39 is 0 Å². The third kappa shape index (κ3) is 2.69. The van der Waals surface area contributed by atoms with Crippen LogP contribution in [0, 0.1) is 5.82 Å². The second kappa shape index (κ2) is 6.28. The number of carbonyl (C=O) groups is 1. The number of hydrogen-bond acceptors (Lipinski definition) is 1. The molecule has 2 aliphatic rings. The summed E-state index contributed by atoms with van der Waals surface area (Å²) in [5.74, 6) is -0.575. The summed E-state index contributed by atoms with van der Waals surface area (Å²) < 4.78 is 13.6. The van der Waals surface area contributed by atoms with Crippen molar-refractivity contribution < 1.29 is 9.18 Å². The van der Waals surface area contributed by atoms with Gasteiger partial charge in [0.15, 0.2) is 0 Å². The summed E-state index contributed by atoms with van der Waals surface area (Å²) in [6.45, 7) is 7.83. The molecule has 24 heavy (non-hydrogen) atoms. The van der Waals surface area contributed by atoms with Crippen LogP contribution in [0.4, 0.5) is 10.1 Å². The van der Waals surface area contributed by atoms with E-state index in [0.717, 1.165) is 22.3 Å². The molecule has 1 heterocycles. The Labute approximate surface area is 141 Å². The molecule has 0 aromatic heterocycles. The first-order valence-corrected chi connectivity index (χ1v) is 7.77. The lowest BCUT2D eigenvalue weighted by Crippen LogP contribution is -2.04. The standard InChI is InChI=1S/C21H18FNO/c1-4-6-7-17-14(10-13(3)16(17)5-2)11-19-18-12-15(22)8-9-20(18)23-21(19)24/h4-12H,2H2,1,3H3,(H,23,24)/b6-4-,17-7-,19-11?. The molecule has 0 saturated carbocycles. The summed E-state index contributed by atoms with van der Waals surface area (Å²) >= 11 is 0. The van der Waals surface area contributed by atoms with Crippen LogP contribution in [-0.4, -0.2) is 5.91 Å². The Morgan fingerprint density at radius 1 is 1.25 bits per heavy atom. The van der Waals surface area contributed by atoms with E-state index in [1.807, 2.05) is 50.3 Å². The van der Waals surface area contributed by atoms with Crippen LogP contribution in [0.5, 0.6) is 0 Å². The molecule has 0 radical (unpaired) electrons. The molecule has 1 amide bonds. The Hall–Kier alpha value is -2.94. The number of benzene rings is 1. The molecule has 0 saturated heterocycles. The Kier molecular flexibility index (Phi) is 4.17. The number of nitrogens with one attached hydrogen (secondary N) is 1. The van der Waals surface area contributed by atoms with Crippen LogP contribution < -0.4 is 5.32 Å². The molecular formula is C21H18FNO. The van der Waals surface area contributed by atoms with Crippen molar-refractivity contribution in [1.29, 1.82) is 0 Å². The topological polar surface area (TPSA) is 29.1 Å². The van der Waals surface area contributed by atoms with Crippen molar-refractivity contribution in [2.45, 2.75) is 13.8 Å². The summed E-state index contributed by atoms with van der Waals surface area (Å²) in [4.78, 5) is 12.3. The minimum atomic E-state index is -0.359. The number of amides is 1. The van der Waals surface area contributed by atoms with Crippen LogP contribution in [0.1, 0.15) is 19.4 Å². The van der Waals surface area contributed by atoms with Gasteiger partial charge in [0.2, 0.25) is 0 Å². The van der Waals surface area contributed by atoms with Gasteiger partial charge in [0.05, 0.1) is 0 Å². The summed E-state index contributed by atoms with van der Waals surface area (Å²) in [6.07, 6.45) is 11.5. The Balaban J connectivity index is 2.09. The van der Waals surface area contributed by atoms with Gasteiger partial charge in [-0.1, -0.05) is 37.0 Å². The number of halogens is 1. The quantitative estimate of drug-likeness (QED) is 0.771. The highest BCUT2D eigenvalue weighted by Gasteiger charge is 2.26. The van der Waals surface area contributed by atoms with E-state index in [2.05, 4.69) is 11.9 Å². The summed E-state index contributed by atoms with van der Waals surface area (Å²) in [6, 6.07) is 4.32. The van der Waals surface area contributed by atoms with Crippen molar-refractivity contribution in [3.8, 4) is 0 Å². The average Bonchev–Trinajstić information content (AvgIpc) is 3.02. The van der Waals surface area contributed by atoms with E-state index >= 15 is 0 Å². The van der Waals surface area contributed by atoms with Crippen molar-refractivity contribution in [2.75, 3.05) is 5.32 Å². The number of carbonyl (C=O) groups excluding carboxylic acids is 1. The van der Waals surface area contributed by atoms with Gasteiger partial charge in [-0.2, -0.15) is 0 Å². The zero-order valence-electron chi connectivity index (χ0n) is 13.7. The Bertz CT molecular complexity index is 894. The van der Waals surface area contributed by atoms with E-state index in [1.165, 1.54) is 12.1 Å². The molecule has 0 bridgehead atoms. The summed E-state index contributed by atoms with van der Waals surface area (Å²) in [7, 11) is 0. The third-order valence-electron chi connectivity index (χ3n) is 4.12. The molecule has 1 aliphatic heterocycles. The van der Waals surface area contributed by atoms with Gasteiger partial charge < -0.3 is 5.32 Å². The minimum Gasteiger partial charge on any atom is -0.321 e. The molecule has 1 N–H and O–H groups in total. The fourth-order valence-electron chi connectivity index (χ4n) is 2.98. The average molecular weight is 319 g/mol. The van der Waals surface area contributed by atoms with Gasteiger partial charge in [0, 0.05) is 16.8 Å². The summed E-state index contributed by atoms with van der Waals surface area (Å²) in [5.41, 5.74) is 5.76. The lowest BCUT2D eigenvalue weighted by molar-refractivity contribution is -0.110. The number of allylic oxidation sites excluding steroid dienone is 10. The SMILES string of the molecule is C=CC1=C(C)C=C(C=C2C(=O)Nc3ccc(F)cc32)/C1=C/C=C\C. The predicted molar refractivity (Wildman–Crippen MR) is 96.9 cm³/mol. The second-order valence-electron chi connectivity index (χ2n) is 5.71. The van der Waals surface area contributed by atoms with Gasteiger partial charge >= 0.3 is 0 Å². The van der Waals surface area contributed by atoms with E-state index in [4.69, 9.17) is 0 Å². The number of hydrogen-bond donors (Lipinski definition) is 1. The van der Waals surface area contributed by atoms with E-state index in [0.29, 0.717) is 16.8 Å². The lowest BCUT2D eigenvalue weighted by Gasteiger charge is -2.05. The molecule has 0 spiro atoms. The monoisotopic (exact) mass is 319 g/mol. The number of anilines is 1. The molecule has 2 nitrogen and oxygen atoms in total. The molecule has 0 atom stereocenters.